The van der Waals surface area contributed by atoms with Crippen molar-refractivity contribution in [3.63, 3.8) is 0 Å². The first-order valence-corrected chi connectivity index (χ1v) is 8.72. The van der Waals surface area contributed by atoms with Gasteiger partial charge in [-0.2, -0.15) is 0 Å². The highest BCUT2D eigenvalue weighted by molar-refractivity contribution is 5.19. The van der Waals surface area contributed by atoms with E-state index in [0.717, 1.165) is 13.1 Å². The Morgan fingerprint density at radius 1 is 1.00 bits per heavy atom. The van der Waals surface area contributed by atoms with Gasteiger partial charge in [0.05, 0.1) is 0 Å². The van der Waals surface area contributed by atoms with Crippen LogP contribution in [0.3, 0.4) is 0 Å². The molecule has 0 aliphatic carbocycles. The molecule has 1 rings (SSSR count). The molecule has 0 spiro atoms. The number of nitrogens with zero attached hydrogens (tertiary/aromatic N) is 1. The van der Waals surface area contributed by atoms with Gasteiger partial charge in [-0.25, -0.2) is 0 Å². The Morgan fingerprint density at radius 2 is 1.71 bits per heavy atom. The lowest BCUT2D eigenvalue weighted by atomic mass is 10.0. The topological polar surface area (TPSA) is 15.3 Å². The molecule has 2 nitrogen and oxygen atoms in total. The van der Waals surface area contributed by atoms with Crippen LogP contribution in [0.4, 0.5) is 0 Å². The van der Waals surface area contributed by atoms with Crippen molar-refractivity contribution in [1.29, 1.82) is 0 Å². The van der Waals surface area contributed by atoms with Crippen LogP contribution in [0.25, 0.3) is 0 Å². The smallest absolute Gasteiger partial charge is 0.0475 e. The zero-order valence-electron chi connectivity index (χ0n) is 14.4. The number of hydrogen-bond acceptors (Lipinski definition) is 2. The highest BCUT2D eigenvalue weighted by Crippen LogP contribution is 2.23. The van der Waals surface area contributed by atoms with Crippen LogP contribution in [0.1, 0.15) is 65.0 Å². The minimum Gasteiger partial charge on any atom is -0.315 e. The minimum atomic E-state index is 0.481. The fourth-order valence-electron chi connectivity index (χ4n) is 2.84. The highest BCUT2D eigenvalue weighted by Gasteiger charge is 2.21. The van der Waals surface area contributed by atoms with Crippen LogP contribution in [-0.2, 0) is 0 Å². The second-order valence-corrected chi connectivity index (χ2v) is 6.17. The Balaban J connectivity index is 2.79. The summed E-state index contributed by atoms with van der Waals surface area (Å²) in [6.45, 7) is 12.5. The summed E-state index contributed by atoms with van der Waals surface area (Å²) in [5.74, 6) is 0. The molecule has 0 saturated carbocycles. The summed E-state index contributed by atoms with van der Waals surface area (Å²) in [7, 11) is 0. The first-order valence-electron chi connectivity index (χ1n) is 8.72. The number of unbranched alkanes of at least 4 members (excludes halogenated alkanes) is 2. The van der Waals surface area contributed by atoms with Crippen molar-refractivity contribution < 1.29 is 0 Å². The lowest BCUT2D eigenvalue weighted by Gasteiger charge is -2.35. The van der Waals surface area contributed by atoms with Gasteiger partial charge in [0.2, 0.25) is 0 Å². The second kappa shape index (κ2) is 10.8. The summed E-state index contributed by atoms with van der Waals surface area (Å²) in [4.78, 5) is 2.66. The molecule has 0 fully saturated rings. The molecule has 1 unspecified atom stereocenters. The Kier molecular flexibility index (Phi) is 9.36. The molecule has 2 heteroatoms. The monoisotopic (exact) mass is 290 g/mol. The molecule has 21 heavy (non-hydrogen) atoms. The number of benzene rings is 1. The van der Waals surface area contributed by atoms with E-state index < -0.39 is 0 Å². The number of hydrogen-bond donors (Lipinski definition) is 1. The Hall–Kier alpha value is -0.860. The molecule has 0 saturated heterocycles. The van der Waals surface area contributed by atoms with E-state index in [1.54, 1.807) is 0 Å². The molecule has 1 atom stereocenters. The number of nitrogens with one attached hydrogen (secondary N) is 1. The highest BCUT2D eigenvalue weighted by atomic mass is 15.2. The van der Waals surface area contributed by atoms with Gasteiger partial charge in [-0.1, -0.05) is 57.0 Å². The fourth-order valence-corrected chi connectivity index (χ4v) is 2.84. The molecule has 120 valence electrons. The lowest BCUT2D eigenvalue weighted by Crippen LogP contribution is -2.41. The molecule has 0 aromatic heterocycles. The van der Waals surface area contributed by atoms with Gasteiger partial charge in [0.15, 0.2) is 0 Å². The third-order valence-corrected chi connectivity index (χ3v) is 4.03. The van der Waals surface area contributed by atoms with Crippen molar-refractivity contribution in [3.05, 3.63) is 35.9 Å². The Bertz CT molecular complexity index is 348. The summed E-state index contributed by atoms with van der Waals surface area (Å²) in [5.41, 5.74) is 1.44. The third kappa shape index (κ3) is 6.62. The molecule has 1 aromatic carbocycles. The van der Waals surface area contributed by atoms with Crippen LogP contribution in [-0.4, -0.2) is 30.6 Å². The summed E-state index contributed by atoms with van der Waals surface area (Å²) < 4.78 is 0. The van der Waals surface area contributed by atoms with Gasteiger partial charge in [0, 0.05) is 18.6 Å². The van der Waals surface area contributed by atoms with E-state index in [2.05, 4.69) is 68.2 Å². The predicted octanol–water partition coefficient (Wildman–Crippen LogP) is 4.63. The lowest BCUT2D eigenvalue weighted by molar-refractivity contribution is 0.147. The van der Waals surface area contributed by atoms with Gasteiger partial charge in [-0.3, -0.25) is 4.90 Å². The molecule has 0 aliphatic rings. The van der Waals surface area contributed by atoms with Crippen molar-refractivity contribution in [2.45, 2.75) is 65.5 Å². The van der Waals surface area contributed by atoms with Crippen molar-refractivity contribution >= 4 is 0 Å². The quantitative estimate of drug-likeness (QED) is 0.598. The largest absolute Gasteiger partial charge is 0.315 e. The van der Waals surface area contributed by atoms with Crippen LogP contribution < -0.4 is 5.32 Å². The van der Waals surface area contributed by atoms with E-state index in [-0.39, 0.29) is 0 Å². The summed E-state index contributed by atoms with van der Waals surface area (Å²) in [6, 6.07) is 12.0. The predicted molar refractivity (Wildman–Crippen MR) is 93.7 cm³/mol. The second-order valence-electron chi connectivity index (χ2n) is 6.17. The van der Waals surface area contributed by atoms with Crippen LogP contribution in [0.5, 0.6) is 0 Å². The molecular formula is C19H34N2. The van der Waals surface area contributed by atoms with E-state index in [0.29, 0.717) is 12.1 Å². The molecule has 0 aliphatic heterocycles. The van der Waals surface area contributed by atoms with Crippen molar-refractivity contribution in [2.24, 2.45) is 0 Å². The van der Waals surface area contributed by atoms with Gasteiger partial charge < -0.3 is 5.32 Å². The Labute approximate surface area is 131 Å². The van der Waals surface area contributed by atoms with E-state index in [9.17, 15) is 0 Å². The average molecular weight is 290 g/mol. The van der Waals surface area contributed by atoms with Crippen molar-refractivity contribution in [3.8, 4) is 0 Å². The number of rotatable bonds is 11. The molecule has 0 radical (unpaired) electrons. The zero-order chi connectivity index (χ0) is 15.5. The SMILES string of the molecule is CCCCCN(C(C)C)C(CNCCC)c1ccccc1. The fraction of sp³-hybridized carbons (Fsp3) is 0.684. The maximum atomic E-state index is 3.62. The summed E-state index contributed by atoms with van der Waals surface area (Å²) in [5, 5.41) is 3.62. The van der Waals surface area contributed by atoms with Crippen molar-refractivity contribution in [1.82, 2.24) is 10.2 Å². The summed E-state index contributed by atoms with van der Waals surface area (Å²) >= 11 is 0. The first kappa shape index (κ1) is 18.2. The van der Waals surface area contributed by atoms with Gasteiger partial charge in [-0.15, -0.1) is 0 Å². The van der Waals surface area contributed by atoms with E-state index >= 15 is 0 Å². The molecule has 0 bridgehead atoms. The maximum absolute atomic E-state index is 3.62. The Morgan fingerprint density at radius 3 is 2.29 bits per heavy atom. The van der Waals surface area contributed by atoms with Crippen LogP contribution in [0.2, 0.25) is 0 Å². The average Bonchev–Trinajstić information content (AvgIpc) is 2.50. The zero-order valence-corrected chi connectivity index (χ0v) is 14.4. The molecule has 0 amide bonds. The molecule has 1 aromatic rings. The normalized spacial score (nSPS) is 13.0. The standard InChI is InChI=1S/C19H34N2/c1-5-7-11-15-21(17(3)4)19(16-20-14-6-2)18-12-9-8-10-13-18/h8-10,12-13,17,19-20H,5-7,11,14-16H2,1-4H3. The van der Waals surface area contributed by atoms with Gasteiger partial charge in [-0.05, 0) is 45.3 Å². The van der Waals surface area contributed by atoms with Crippen LogP contribution in [0.15, 0.2) is 30.3 Å². The van der Waals surface area contributed by atoms with Gasteiger partial charge >= 0.3 is 0 Å². The third-order valence-electron chi connectivity index (χ3n) is 4.03. The molecule has 1 N–H and O–H groups in total. The summed E-state index contributed by atoms with van der Waals surface area (Å²) in [6.07, 6.45) is 5.11. The van der Waals surface area contributed by atoms with Crippen LogP contribution in [0, 0.1) is 0 Å². The van der Waals surface area contributed by atoms with E-state index in [4.69, 9.17) is 0 Å². The van der Waals surface area contributed by atoms with Gasteiger partial charge in [0.25, 0.3) is 0 Å². The first-order chi connectivity index (χ1) is 10.2. The van der Waals surface area contributed by atoms with Crippen molar-refractivity contribution in [2.75, 3.05) is 19.6 Å². The minimum absolute atomic E-state index is 0.481. The van der Waals surface area contributed by atoms with Gasteiger partial charge in [0.1, 0.15) is 0 Å². The molecule has 0 heterocycles. The van der Waals surface area contributed by atoms with E-state index in [1.165, 1.54) is 37.8 Å². The van der Waals surface area contributed by atoms with Crippen LogP contribution >= 0.6 is 0 Å². The molecular weight excluding hydrogens is 256 g/mol. The van der Waals surface area contributed by atoms with E-state index in [1.807, 2.05) is 0 Å². The maximum Gasteiger partial charge on any atom is 0.0475 e.